The summed E-state index contributed by atoms with van der Waals surface area (Å²) in [5, 5.41) is 21.2. The third kappa shape index (κ3) is 2.27. The lowest BCUT2D eigenvalue weighted by atomic mass is 9.49. The SMILES string of the molecule is C[C@]12CCC3C4CCC5(CC4=CCC3C1C1CC1[C@@]2(O)CCCO)OCCO5. The molecular weight excluding hydrogens is 352 g/mol. The molecule has 4 nitrogen and oxygen atoms in total. The largest absolute Gasteiger partial charge is 0.396 e. The van der Waals surface area contributed by atoms with Gasteiger partial charge in [-0.15, -0.1) is 0 Å². The average Bonchev–Trinajstić information content (AvgIpc) is 3.32. The zero-order valence-electron chi connectivity index (χ0n) is 17.2. The molecule has 4 heteroatoms. The molecule has 1 aliphatic heterocycles. The minimum Gasteiger partial charge on any atom is -0.396 e. The monoisotopic (exact) mass is 388 g/mol. The molecule has 6 aliphatic rings. The second kappa shape index (κ2) is 6.06. The summed E-state index contributed by atoms with van der Waals surface area (Å²) in [6.45, 7) is 4.10. The highest BCUT2D eigenvalue weighted by Gasteiger charge is 2.75. The second-order valence-electron chi connectivity index (χ2n) is 11.0. The van der Waals surface area contributed by atoms with E-state index >= 15 is 0 Å². The molecule has 8 atom stereocenters. The molecule has 28 heavy (non-hydrogen) atoms. The summed E-state index contributed by atoms with van der Waals surface area (Å²) in [6, 6.07) is 0. The Hall–Kier alpha value is -0.420. The van der Waals surface area contributed by atoms with Crippen LogP contribution in [0.1, 0.15) is 64.7 Å². The van der Waals surface area contributed by atoms with Crippen molar-refractivity contribution in [1.29, 1.82) is 0 Å². The van der Waals surface area contributed by atoms with Gasteiger partial charge in [-0.2, -0.15) is 0 Å². The van der Waals surface area contributed by atoms with Crippen LogP contribution >= 0.6 is 0 Å². The molecule has 0 aromatic heterocycles. The van der Waals surface area contributed by atoms with Gasteiger partial charge in [-0.25, -0.2) is 0 Å². The van der Waals surface area contributed by atoms with Crippen LogP contribution in [0.4, 0.5) is 0 Å². The van der Waals surface area contributed by atoms with Crippen LogP contribution in [0.25, 0.3) is 0 Å². The van der Waals surface area contributed by atoms with Crippen molar-refractivity contribution in [2.24, 2.45) is 40.9 Å². The number of rotatable bonds is 3. The van der Waals surface area contributed by atoms with Crippen molar-refractivity contribution in [3.63, 3.8) is 0 Å². The minimum atomic E-state index is -0.540. The molecule has 0 aromatic carbocycles. The molecule has 4 saturated carbocycles. The van der Waals surface area contributed by atoms with Crippen LogP contribution < -0.4 is 0 Å². The fraction of sp³-hybridized carbons (Fsp3) is 0.917. The first kappa shape index (κ1) is 18.4. The van der Waals surface area contributed by atoms with Crippen molar-refractivity contribution >= 4 is 0 Å². The van der Waals surface area contributed by atoms with E-state index in [0.29, 0.717) is 17.8 Å². The van der Waals surface area contributed by atoms with Crippen LogP contribution in [0.15, 0.2) is 11.6 Å². The Bertz CT molecular complexity index is 682. The Morgan fingerprint density at radius 3 is 2.71 bits per heavy atom. The molecule has 0 bridgehead atoms. The van der Waals surface area contributed by atoms with Gasteiger partial charge in [0, 0.05) is 19.4 Å². The third-order valence-corrected chi connectivity index (χ3v) is 10.1. The number of hydrogen-bond acceptors (Lipinski definition) is 4. The van der Waals surface area contributed by atoms with Crippen molar-refractivity contribution in [2.75, 3.05) is 19.8 Å². The number of hydrogen-bond donors (Lipinski definition) is 2. The van der Waals surface area contributed by atoms with E-state index < -0.39 is 5.60 Å². The van der Waals surface area contributed by atoms with E-state index in [-0.39, 0.29) is 17.8 Å². The Balaban J connectivity index is 1.28. The molecule has 1 spiro atoms. The molecule has 5 aliphatic carbocycles. The molecule has 6 unspecified atom stereocenters. The lowest BCUT2D eigenvalue weighted by Crippen LogP contribution is -2.55. The maximum Gasteiger partial charge on any atom is 0.172 e. The number of fused-ring (bicyclic) bond motifs is 7. The summed E-state index contributed by atoms with van der Waals surface area (Å²) in [4.78, 5) is 0. The first-order valence-electron chi connectivity index (χ1n) is 11.8. The first-order valence-corrected chi connectivity index (χ1v) is 11.8. The molecular formula is C24H36O4. The molecule has 1 heterocycles. The topological polar surface area (TPSA) is 58.9 Å². The molecule has 0 amide bonds. The summed E-state index contributed by atoms with van der Waals surface area (Å²) in [6.07, 6.45) is 12.1. The van der Waals surface area contributed by atoms with Crippen LogP contribution in [-0.4, -0.2) is 41.4 Å². The smallest absolute Gasteiger partial charge is 0.172 e. The quantitative estimate of drug-likeness (QED) is 0.725. The molecule has 5 fully saturated rings. The lowest BCUT2D eigenvalue weighted by Gasteiger charge is -2.57. The van der Waals surface area contributed by atoms with E-state index in [1.807, 2.05) is 0 Å². The summed E-state index contributed by atoms with van der Waals surface area (Å²) in [7, 11) is 0. The lowest BCUT2D eigenvalue weighted by molar-refractivity contribution is -0.180. The van der Waals surface area contributed by atoms with E-state index in [1.54, 1.807) is 5.57 Å². The number of aliphatic hydroxyl groups is 2. The summed E-state index contributed by atoms with van der Waals surface area (Å²) < 4.78 is 12.0. The summed E-state index contributed by atoms with van der Waals surface area (Å²) >= 11 is 0. The van der Waals surface area contributed by atoms with Crippen LogP contribution in [-0.2, 0) is 9.47 Å². The first-order chi connectivity index (χ1) is 13.5. The van der Waals surface area contributed by atoms with Crippen molar-refractivity contribution in [3.05, 3.63) is 11.6 Å². The van der Waals surface area contributed by atoms with E-state index in [1.165, 1.54) is 25.7 Å². The van der Waals surface area contributed by atoms with Gasteiger partial charge in [0.25, 0.3) is 0 Å². The second-order valence-corrected chi connectivity index (χ2v) is 11.0. The Morgan fingerprint density at radius 2 is 1.93 bits per heavy atom. The van der Waals surface area contributed by atoms with Crippen molar-refractivity contribution in [2.45, 2.75) is 76.1 Å². The van der Waals surface area contributed by atoms with E-state index in [9.17, 15) is 10.2 Å². The summed E-state index contributed by atoms with van der Waals surface area (Å²) in [5.41, 5.74) is 1.12. The number of allylic oxidation sites excluding steroid dienone is 1. The average molecular weight is 389 g/mol. The van der Waals surface area contributed by atoms with Crippen LogP contribution in [0, 0.1) is 40.9 Å². The zero-order chi connectivity index (χ0) is 19.1. The zero-order valence-corrected chi connectivity index (χ0v) is 17.2. The van der Waals surface area contributed by atoms with Crippen LogP contribution in [0.2, 0.25) is 0 Å². The fourth-order valence-corrected chi connectivity index (χ4v) is 8.94. The van der Waals surface area contributed by atoms with Gasteiger partial charge in [-0.1, -0.05) is 18.6 Å². The molecule has 1 saturated heterocycles. The van der Waals surface area contributed by atoms with Crippen molar-refractivity contribution < 1.29 is 19.7 Å². The van der Waals surface area contributed by atoms with Gasteiger partial charge in [0.2, 0.25) is 0 Å². The number of aliphatic hydroxyl groups excluding tert-OH is 1. The Morgan fingerprint density at radius 1 is 1.11 bits per heavy atom. The van der Waals surface area contributed by atoms with Gasteiger partial charge in [-0.05, 0) is 85.9 Å². The predicted molar refractivity (Wildman–Crippen MR) is 105 cm³/mol. The third-order valence-electron chi connectivity index (χ3n) is 10.1. The Labute approximate surface area is 168 Å². The summed E-state index contributed by atoms with van der Waals surface area (Å²) in [5.74, 6) is 3.83. The molecule has 6 rings (SSSR count). The van der Waals surface area contributed by atoms with Gasteiger partial charge in [0.1, 0.15) is 0 Å². The highest BCUT2D eigenvalue weighted by Crippen LogP contribution is 2.76. The van der Waals surface area contributed by atoms with E-state index in [2.05, 4.69) is 13.0 Å². The Kier molecular flexibility index (Phi) is 3.97. The standard InChI is InChI=1S/C24H36O4/c1-22-8-5-17-16-6-9-23(27-11-12-28-23)14-15(16)3-4-18(17)21(22)19-13-20(19)24(22,26)7-2-10-25/h3,16-21,25-26H,2,4-14H2,1H3/t16?,17?,18?,19?,20?,21?,22-,24-/m0/s1. The van der Waals surface area contributed by atoms with E-state index in [4.69, 9.17) is 9.47 Å². The molecule has 156 valence electrons. The van der Waals surface area contributed by atoms with Gasteiger partial charge in [-0.3, -0.25) is 0 Å². The highest BCUT2D eigenvalue weighted by molar-refractivity contribution is 5.27. The van der Waals surface area contributed by atoms with Crippen molar-refractivity contribution in [1.82, 2.24) is 0 Å². The molecule has 0 radical (unpaired) electrons. The van der Waals surface area contributed by atoms with E-state index in [0.717, 1.165) is 63.1 Å². The number of ether oxygens (including phenoxy) is 2. The fourth-order valence-electron chi connectivity index (χ4n) is 8.94. The normalized spacial score (nSPS) is 53.2. The van der Waals surface area contributed by atoms with Gasteiger partial charge in [0.05, 0.1) is 18.8 Å². The maximum atomic E-state index is 11.8. The highest BCUT2D eigenvalue weighted by atomic mass is 16.7. The van der Waals surface area contributed by atoms with Gasteiger partial charge >= 0.3 is 0 Å². The van der Waals surface area contributed by atoms with Crippen molar-refractivity contribution in [3.8, 4) is 0 Å². The molecule has 2 N–H and O–H groups in total. The van der Waals surface area contributed by atoms with Gasteiger partial charge < -0.3 is 19.7 Å². The molecule has 0 aromatic rings. The van der Waals surface area contributed by atoms with Crippen LogP contribution in [0.3, 0.4) is 0 Å². The van der Waals surface area contributed by atoms with Gasteiger partial charge in [0.15, 0.2) is 5.79 Å². The maximum absolute atomic E-state index is 11.8. The predicted octanol–water partition coefficient (Wildman–Crippen LogP) is 3.66. The van der Waals surface area contributed by atoms with Crippen LogP contribution in [0.5, 0.6) is 0 Å². The minimum absolute atomic E-state index is 0.0514.